The number of hydrogen-bond acceptors (Lipinski definition) is 2. The molecule has 1 aromatic rings. The summed E-state index contributed by atoms with van der Waals surface area (Å²) < 4.78 is 13.6. The van der Waals surface area contributed by atoms with Crippen molar-refractivity contribution in [3.05, 3.63) is 34.6 Å². The van der Waals surface area contributed by atoms with Gasteiger partial charge in [0, 0.05) is 30.7 Å². The summed E-state index contributed by atoms with van der Waals surface area (Å²) in [5, 5.41) is 3.56. The molecular weight excluding hydrogens is 243 g/mol. The molecule has 3 nitrogen and oxygen atoms in total. The van der Waals surface area contributed by atoms with Crippen molar-refractivity contribution in [2.24, 2.45) is 0 Å². The van der Waals surface area contributed by atoms with Crippen LogP contribution in [-0.2, 0) is 0 Å². The quantitative estimate of drug-likeness (QED) is 0.833. The minimum Gasteiger partial charge on any atom is -0.333 e. The molecule has 0 unspecified atom stereocenters. The number of nitrogens with one attached hydrogen (secondary N) is 1. The standard InChI is InChI=1S/C12H14ClFN2O/c1-8-7-15-4-5-16(8)12(17)10-6-9(13)2-3-11(10)14/h2-3,6,8,15H,4-5,7H2,1H3/t8-/m1/s1. The monoisotopic (exact) mass is 256 g/mol. The van der Waals surface area contributed by atoms with E-state index in [4.69, 9.17) is 11.6 Å². The Bertz CT molecular complexity index is 439. The zero-order chi connectivity index (χ0) is 12.4. The summed E-state index contributed by atoms with van der Waals surface area (Å²) in [5.41, 5.74) is 0.0475. The summed E-state index contributed by atoms with van der Waals surface area (Å²) in [6, 6.07) is 4.11. The number of carbonyl (C=O) groups excluding carboxylic acids is 1. The van der Waals surface area contributed by atoms with Gasteiger partial charge in [-0.15, -0.1) is 0 Å². The summed E-state index contributed by atoms with van der Waals surface area (Å²) in [7, 11) is 0. The molecule has 92 valence electrons. The molecule has 1 aliphatic heterocycles. The summed E-state index contributed by atoms with van der Waals surface area (Å²) in [5.74, 6) is -0.816. The van der Waals surface area contributed by atoms with Crippen LogP contribution >= 0.6 is 11.6 Å². The number of halogens is 2. The Morgan fingerprint density at radius 3 is 3.06 bits per heavy atom. The number of benzene rings is 1. The first-order valence-electron chi connectivity index (χ1n) is 5.56. The average Bonchev–Trinajstić information content (AvgIpc) is 2.32. The van der Waals surface area contributed by atoms with Crippen LogP contribution in [0.2, 0.25) is 5.02 Å². The van der Waals surface area contributed by atoms with Crippen molar-refractivity contribution in [3.63, 3.8) is 0 Å². The highest BCUT2D eigenvalue weighted by Crippen LogP contribution is 2.18. The zero-order valence-electron chi connectivity index (χ0n) is 9.54. The van der Waals surface area contributed by atoms with Crippen molar-refractivity contribution in [1.29, 1.82) is 0 Å². The van der Waals surface area contributed by atoms with Gasteiger partial charge in [0.15, 0.2) is 0 Å². The van der Waals surface area contributed by atoms with Gasteiger partial charge in [0.2, 0.25) is 0 Å². The van der Waals surface area contributed by atoms with Crippen LogP contribution in [0, 0.1) is 5.82 Å². The van der Waals surface area contributed by atoms with E-state index in [2.05, 4.69) is 5.32 Å². The van der Waals surface area contributed by atoms with Gasteiger partial charge in [0.25, 0.3) is 5.91 Å². The Hall–Kier alpha value is -1.13. The van der Waals surface area contributed by atoms with Crippen LogP contribution in [0.25, 0.3) is 0 Å². The predicted octanol–water partition coefficient (Wildman–Crippen LogP) is 1.91. The lowest BCUT2D eigenvalue weighted by Gasteiger charge is -2.34. The fourth-order valence-corrected chi connectivity index (χ4v) is 2.13. The van der Waals surface area contributed by atoms with E-state index in [1.165, 1.54) is 18.2 Å². The second kappa shape index (κ2) is 5.02. The highest BCUT2D eigenvalue weighted by molar-refractivity contribution is 6.31. The summed E-state index contributed by atoms with van der Waals surface area (Å²) in [6.07, 6.45) is 0. The molecule has 17 heavy (non-hydrogen) atoms. The lowest BCUT2D eigenvalue weighted by molar-refractivity contribution is 0.0651. The minimum absolute atomic E-state index is 0.0475. The van der Waals surface area contributed by atoms with Crippen molar-refractivity contribution in [3.8, 4) is 0 Å². The van der Waals surface area contributed by atoms with E-state index in [9.17, 15) is 9.18 Å². The van der Waals surface area contributed by atoms with E-state index in [0.29, 0.717) is 11.6 Å². The highest BCUT2D eigenvalue weighted by atomic mass is 35.5. The van der Waals surface area contributed by atoms with E-state index >= 15 is 0 Å². The predicted molar refractivity (Wildman–Crippen MR) is 64.8 cm³/mol. The van der Waals surface area contributed by atoms with Crippen LogP contribution in [0.1, 0.15) is 17.3 Å². The number of carbonyl (C=O) groups is 1. The molecule has 2 rings (SSSR count). The molecule has 0 spiro atoms. The Morgan fingerprint density at radius 2 is 2.35 bits per heavy atom. The molecule has 1 aliphatic rings. The molecule has 1 atom stereocenters. The number of nitrogens with zero attached hydrogens (tertiary/aromatic N) is 1. The van der Waals surface area contributed by atoms with E-state index in [-0.39, 0.29) is 17.5 Å². The van der Waals surface area contributed by atoms with Crippen molar-refractivity contribution in [2.45, 2.75) is 13.0 Å². The maximum absolute atomic E-state index is 13.6. The maximum Gasteiger partial charge on any atom is 0.257 e. The molecule has 0 saturated carbocycles. The first kappa shape index (κ1) is 12.3. The van der Waals surface area contributed by atoms with Crippen LogP contribution in [0.4, 0.5) is 4.39 Å². The van der Waals surface area contributed by atoms with Gasteiger partial charge >= 0.3 is 0 Å². The van der Waals surface area contributed by atoms with Crippen LogP contribution in [0.3, 0.4) is 0 Å². The SMILES string of the molecule is C[C@@H]1CNCCN1C(=O)c1cc(Cl)ccc1F. The Balaban J connectivity index is 2.26. The summed E-state index contributed by atoms with van der Waals surface area (Å²) in [6.45, 7) is 3.99. The number of rotatable bonds is 1. The van der Waals surface area contributed by atoms with Crippen molar-refractivity contribution < 1.29 is 9.18 Å². The van der Waals surface area contributed by atoms with Crippen LogP contribution in [0.5, 0.6) is 0 Å². The van der Waals surface area contributed by atoms with Gasteiger partial charge in [0.1, 0.15) is 5.82 Å². The summed E-state index contributed by atoms with van der Waals surface area (Å²) in [4.78, 5) is 13.9. The van der Waals surface area contributed by atoms with Gasteiger partial charge in [-0.1, -0.05) is 11.6 Å². The third-order valence-electron chi connectivity index (χ3n) is 2.92. The lowest BCUT2D eigenvalue weighted by atomic mass is 10.1. The molecule has 1 N–H and O–H groups in total. The molecular formula is C12H14ClFN2O. The van der Waals surface area contributed by atoms with Gasteiger partial charge in [-0.3, -0.25) is 4.79 Å². The number of hydrogen-bond donors (Lipinski definition) is 1. The minimum atomic E-state index is -0.523. The van der Waals surface area contributed by atoms with Crippen LogP contribution in [-0.4, -0.2) is 36.5 Å². The molecule has 0 aromatic heterocycles. The smallest absolute Gasteiger partial charge is 0.257 e. The van der Waals surface area contributed by atoms with Crippen LogP contribution < -0.4 is 5.32 Å². The molecule has 1 heterocycles. The summed E-state index contributed by atoms with van der Waals surface area (Å²) >= 11 is 5.79. The highest BCUT2D eigenvalue weighted by Gasteiger charge is 2.25. The number of piperazine rings is 1. The van der Waals surface area contributed by atoms with E-state index in [0.717, 1.165) is 13.1 Å². The molecule has 0 aliphatic carbocycles. The molecule has 0 bridgehead atoms. The third-order valence-corrected chi connectivity index (χ3v) is 3.16. The van der Waals surface area contributed by atoms with Crippen molar-refractivity contribution in [1.82, 2.24) is 10.2 Å². The Morgan fingerprint density at radius 1 is 1.59 bits per heavy atom. The second-order valence-electron chi connectivity index (χ2n) is 4.18. The fourth-order valence-electron chi connectivity index (χ4n) is 1.96. The largest absolute Gasteiger partial charge is 0.333 e. The lowest BCUT2D eigenvalue weighted by Crippen LogP contribution is -2.52. The normalized spacial score (nSPS) is 20.4. The van der Waals surface area contributed by atoms with Crippen molar-refractivity contribution >= 4 is 17.5 Å². The molecule has 1 saturated heterocycles. The van der Waals surface area contributed by atoms with E-state index in [1.807, 2.05) is 6.92 Å². The molecule has 5 heteroatoms. The molecule has 0 radical (unpaired) electrons. The van der Waals surface area contributed by atoms with Gasteiger partial charge < -0.3 is 10.2 Å². The van der Waals surface area contributed by atoms with E-state index in [1.54, 1.807) is 4.90 Å². The Kier molecular flexibility index (Phi) is 3.64. The average molecular weight is 257 g/mol. The zero-order valence-corrected chi connectivity index (χ0v) is 10.3. The molecule has 1 amide bonds. The van der Waals surface area contributed by atoms with Gasteiger partial charge in [-0.2, -0.15) is 0 Å². The third kappa shape index (κ3) is 2.58. The van der Waals surface area contributed by atoms with Gasteiger partial charge in [-0.25, -0.2) is 4.39 Å². The van der Waals surface area contributed by atoms with Crippen LogP contribution in [0.15, 0.2) is 18.2 Å². The fraction of sp³-hybridized carbons (Fsp3) is 0.417. The maximum atomic E-state index is 13.6. The first-order valence-corrected chi connectivity index (χ1v) is 5.94. The van der Waals surface area contributed by atoms with Gasteiger partial charge in [0.05, 0.1) is 5.56 Å². The Labute approximate surface area is 105 Å². The van der Waals surface area contributed by atoms with Gasteiger partial charge in [-0.05, 0) is 25.1 Å². The van der Waals surface area contributed by atoms with Crippen molar-refractivity contribution in [2.75, 3.05) is 19.6 Å². The number of amides is 1. The molecule has 1 fully saturated rings. The topological polar surface area (TPSA) is 32.3 Å². The second-order valence-corrected chi connectivity index (χ2v) is 4.61. The first-order chi connectivity index (χ1) is 8.09. The van der Waals surface area contributed by atoms with E-state index < -0.39 is 5.82 Å². The molecule has 1 aromatic carbocycles.